The molecule has 0 unspecified atom stereocenters. The number of methoxy groups -OCH3 is 2. The van der Waals surface area contributed by atoms with E-state index < -0.39 is 26.7 Å². The van der Waals surface area contributed by atoms with Crippen molar-refractivity contribution in [3.8, 4) is 29.0 Å². The Labute approximate surface area is 199 Å². The summed E-state index contributed by atoms with van der Waals surface area (Å²) in [5, 5.41) is 11.8. The Morgan fingerprint density at radius 3 is 2.29 bits per heavy atom. The van der Waals surface area contributed by atoms with E-state index in [4.69, 9.17) is 9.47 Å². The molecule has 0 aromatic carbocycles. The van der Waals surface area contributed by atoms with E-state index in [-0.39, 0.29) is 41.3 Å². The number of hydrogen-bond donors (Lipinski definition) is 0. The third-order valence-corrected chi connectivity index (χ3v) is 7.18. The Morgan fingerprint density at radius 1 is 1.06 bits per heavy atom. The van der Waals surface area contributed by atoms with Crippen molar-refractivity contribution in [1.29, 1.82) is 0 Å². The van der Waals surface area contributed by atoms with Crippen molar-refractivity contribution < 1.29 is 22.3 Å². The van der Waals surface area contributed by atoms with Gasteiger partial charge in [-0.3, -0.25) is 9.25 Å². The van der Waals surface area contributed by atoms with E-state index in [9.17, 15) is 12.8 Å². The van der Waals surface area contributed by atoms with Crippen LogP contribution in [0.25, 0.3) is 17.2 Å². The zero-order chi connectivity index (χ0) is 25.2. The lowest BCUT2D eigenvalue weighted by molar-refractivity contribution is 0.368. The lowest BCUT2D eigenvalue weighted by Gasteiger charge is -2.16. The minimum atomic E-state index is -3.80. The molecule has 0 fully saturated rings. The highest BCUT2D eigenvalue weighted by Gasteiger charge is 2.30. The molecule has 35 heavy (non-hydrogen) atoms. The number of rotatable bonds is 9. The molecule has 0 bridgehead atoms. The summed E-state index contributed by atoms with van der Waals surface area (Å²) in [5.41, 5.74) is 0.659. The van der Waals surface area contributed by atoms with Crippen LogP contribution >= 0.6 is 0 Å². The van der Waals surface area contributed by atoms with Crippen LogP contribution in [0.3, 0.4) is 0 Å². The number of sulfone groups is 1. The molecule has 4 aromatic heterocycles. The second-order valence-corrected chi connectivity index (χ2v) is 9.95. The normalized spacial score (nSPS) is 12.5. The van der Waals surface area contributed by atoms with Gasteiger partial charge in [0.25, 0.3) is 0 Å². The van der Waals surface area contributed by atoms with Crippen molar-refractivity contribution in [2.75, 3.05) is 14.2 Å². The summed E-state index contributed by atoms with van der Waals surface area (Å²) in [4.78, 5) is 16.0. The first-order valence-electron chi connectivity index (χ1n) is 10.3. The molecule has 0 saturated carbocycles. The first-order valence-corrected chi connectivity index (χ1v) is 12.0. The highest BCUT2D eigenvalue weighted by molar-refractivity contribution is 7.91. The van der Waals surface area contributed by atoms with Gasteiger partial charge in [0.2, 0.25) is 11.8 Å². The van der Waals surface area contributed by atoms with Gasteiger partial charge >= 0.3 is 0 Å². The molecule has 0 aliphatic heterocycles. The quantitative estimate of drug-likeness (QED) is 0.321. The molecule has 0 amide bonds. The Bertz CT molecular complexity index is 1420. The number of nitrogens with zero attached hydrogens (tertiary/aromatic N) is 9. The molecule has 0 aliphatic rings. The second-order valence-electron chi connectivity index (χ2n) is 7.53. The monoisotopic (exact) mass is 503 g/mol. The Kier molecular flexibility index (Phi) is 6.68. The maximum absolute atomic E-state index is 13.3. The van der Waals surface area contributed by atoms with Crippen LogP contribution in [0, 0.1) is 5.82 Å². The maximum Gasteiger partial charge on any atom is 0.245 e. The first kappa shape index (κ1) is 24.1. The number of hydrogen-bond acceptors (Lipinski definition) is 11. The van der Waals surface area contributed by atoms with Crippen LogP contribution in [0.15, 0.2) is 31.0 Å². The summed E-state index contributed by atoms with van der Waals surface area (Å²) in [6, 6.07) is 1.70. The molecular formula is C20H22FN9O4S. The predicted molar refractivity (Wildman–Crippen MR) is 120 cm³/mol. The van der Waals surface area contributed by atoms with Crippen LogP contribution in [-0.2, 0) is 29.1 Å². The van der Waals surface area contributed by atoms with Crippen LogP contribution in [-0.4, -0.2) is 72.4 Å². The van der Waals surface area contributed by atoms with E-state index >= 15 is 0 Å². The zero-order valence-electron chi connectivity index (χ0n) is 19.3. The summed E-state index contributed by atoms with van der Waals surface area (Å²) in [7, 11) is 0.765. The third-order valence-electron chi connectivity index (χ3n) is 5.13. The Morgan fingerprint density at radius 2 is 1.71 bits per heavy atom. The summed E-state index contributed by atoms with van der Waals surface area (Å²) in [5.74, 6) is -0.317. The molecule has 15 heteroatoms. The molecule has 0 saturated heterocycles. The molecule has 184 valence electrons. The smallest absolute Gasteiger partial charge is 0.245 e. The topological polar surface area (TPSA) is 153 Å². The number of aromatic nitrogens is 9. The molecule has 0 N–H and O–H groups in total. The molecule has 4 aromatic rings. The fourth-order valence-corrected chi connectivity index (χ4v) is 4.57. The van der Waals surface area contributed by atoms with Crippen molar-refractivity contribution in [2.45, 2.75) is 24.3 Å². The molecule has 13 nitrogen and oxygen atoms in total. The summed E-state index contributed by atoms with van der Waals surface area (Å²) >= 11 is 0. The molecule has 0 spiro atoms. The van der Waals surface area contributed by atoms with E-state index in [0.717, 1.165) is 12.4 Å². The third kappa shape index (κ3) is 4.94. The van der Waals surface area contributed by atoms with Crippen LogP contribution in [0.1, 0.15) is 18.6 Å². The van der Waals surface area contributed by atoms with Crippen LogP contribution in [0.5, 0.6) is 11.8 Å². The van der Waals surface area contributed by atoms with E-state index in [0.29, 0.717) is 5.69 Å². The number of ether oxygens (including phenoxy) is 2. The molecule has 1 atom stereocenters. The van der Waals surface area contributed by atoms with Gasteiger partial charge in [0.05, 0.1) is 31.9 Å². The fraction of sp³-hybridized carbons (Fsp3) is 0.350. The van der Waals surface area contributed by atoms with Crippen molar-refractivity contribution >= 4 is 9.84 Å². The van der Waals surface area contributed by atoms with Crippen LogP contribution in [0.4, 0.5) is 4.39 Å². The van der Waals surface area contributed by atoms with Gasteiger partial charge in [-0.25, -0.2) is 22.8 Å². The maximum atomic E-state index is 13.3. The summed E-state index contributed by atoms with van der Waals surface area (Å²) in [6.07, 6.45) is 4.94. The van der Waals surface area contributed by atoms with Gasteiger partial charge in [0, 0.05) is 19.7 Å². The van der Waals surface area contributed by atoms with Gasteiger partial charge in [0.15, 0.2) is 33.0 Å². The van der Waals surface area contributed by atoms with E-state index in [1.807, 2.05) is 0 Å². The summed E-state index contributed by atoms with van der Waals surface area (Å²) < 4.78 is 53.5. The Hall–Kier alpha value is -4.01. The van der Waals surface area contributed by atoms with Gasteiger partial charge in [-0.1, -0.05) is 0 Å². The Balaban J connectivity index is 1.79. The standard InChI is InChI=1S/C20H22FN9O4S/c1-12(7-15-22-8-13(21)9-23-15)35(31,32)10-16-26-27-18(14-5-6-29(2)28-14)30(16)17-19(33-3)24-11-25-20(17)34-4/h5-6,8-9,11-12H,7,10H2,1-4H3/t12-/m0/s1. The van der Waals surface area contributed by atoms with Gasteiger partial charge in [-0.2, -0.15) is 15.1 Å². The first-order chi connectivity index (χ1) is 16.7. The number of halogens is 1. The van der Waals surface area contributed by atoms with Crippen molar-refractivity contribution in [2.24, 2.45) is 7.05 Å². The molecular weight excluding hydrogens is 481 g/mol. The van der Waals surface area contributed by atoms with Gasteiger partial charge in [0.1, 0.15) is 23.6 Å². The lowest BCUT2D eigenvalue weighted by Crippen LogP contribution is -2.24. The average molecular weight is 504 g/mol. The molecule has 0 radical (unpaired) electrons. The predicted octanol–water partition coefficient (Wildman–Crippen LogP) is 0.950. The van der Waals surface area contributed by atoms with Crippen molar-refractivity contribution in [3.63, 3.8) is 0 Å². The van der Waals surface area contributed by atoms with Crippen molar-refractivity contribution in [3.05, 3.63) is 48.5 Å². The second kappa shape index (κ2) is 9.69. The van der Waals surface area contributed by atoms with E-state index in [1.54, 1.807) is 24.0 Å². The van der Waals surface area contributed by atoms with Crippen LogP contribution in [0.2, 0.25) is 0 Å². The highest BCUT2D eigenvalue weighted by atomic mass is 32.2. The van der Waals surface area contributed by atoms with E-state index in [2.05, 4.69) is 35.2 Å². The zero-order valence-corrected chi connectivity index (χ0v) is 20.1. The van der Waals surface area contributed by atoms with E-state index in [1.165, 1.54) is 32.0 Å². The molecule has 0 aliphatic carbocycles. The average Bonchev–Trinajstić information content (AvgIpc) is 3.45. The SMILES string of the molecule is COc1ncnc(OC)c1-n1c(CS(=O)(=O)[C@@H](C)Cc2ncc(F)cn2)nnc1-c1ccn(C)n1. The van der Waals surface area contributed by atoms with Gasteiger partial charge in [-0.05, 0) is 13.0 Å². The van der Waals surface area contributed by atoms with Gasteiger partial charge < -0.3 is 9.47 Å². The minimum Gasteiger partial charge on any atom is -0.479 e. The van der Waals surface area contributed by atoms with Crippen LogP contribution < -0.4 is 9.47 Å². The van der Waals surface area contributed by atoms with Crippen molar-refractivity contribution in [1.82, 2.24) is 44.5 Å². The minimum absolute atomic E-state index is 0.00899. The molecule has 4 heterocycles. The largest absolute Gasteiger partial charge is 0.479 e. The highest BCUT2D eigenvalue weighted by Crippen LogP contribution is 2.33. The molecule has 4 rings (SSSR count). The fourth-order valence-electron chi connectivity index (χ4n) is 3.33. The summed E-state index contributed by atoms with van der Waals surface area (Å²) in [6.45, 7) is 1.52. The van der Waals surface area contributed by atoms with Gasteiger partial charge in [-0.15, -0.1) is 10.2 Å². The lowest BCUT2D eigenvalue weighted by atomic mass is 10.3. The number of aryl methyl sites for hydroxylation is 1.